The molecule has 0 radical (unpaired) electrons. The second-order valence-corrected chi connectivity index (χ2v) is 3.93. The number of alkyl halides is 3. The van der Waals surface area contributed by atoms with E-state index in [4.69, 9.17) is 10.8 Å². The third-order valence-electron chi connectivity index (χ3n) is 1.92. The summed E-state index contributed by atoms with van der Waals surface area (Å²) in [6.45, 7) is 0. The van der Waals surface area contributed by atoms with Gasteiger partial charge in [0.1, 0.15) is 0 Å². The van der Waals surface area contributed by atoms with Crippen LogP contribution in [0.15, 0.2) is 23.3 Å². The molecular formula is C9H7F3NO3S-. The molecule has 0 aliphatic heterocycles. The Labute approximate surface area is 96.8 Å². The average Bonchev–Trinajstić information content (AvgIpc) is 2.18. The molecule has 0 bridgehead atoms. The van der Waals surface area contributed by atoms with Gasteiger partial charge in [-0.05, 0) is 34.9 Å². The minimum Gasteiger partial charge on any atom is -0.768 e. The Bertz CT molecular complexity index is 485. The Kier molecular flexibility index (Phi) is 3.79. The number of aliphatic hydroxyl groups excluding tert-OH is 1. The molecule has 4 nitrogen and oxygen atoms in total. The maximum absolute atomic E-state index is 12.6. The molecular weight excluding hydrogens is 259 g/mol. The van der Waals surface area contributed by atoms with Crippen LogP contribution in [0, 0.1) is 0 Å². The smallest absolute Gasteiger partial charge is 0.417 e. The maximum atomic E-state index is 12.6. The molecule has 94 valence electrons. The fourth-order valence-corrected chi connectivity index (χ4v) is 1.69. The Balaban J connectivity index is 3.52. The topological polar surface area (TPSA) is 86.4 Å². The van der Waals surface area contributed by atoms with Crippen molar-refractivity contribution in [3.63, 3.8) is 0 Å². The van der Waals surface area contributed by atoms with E-state index in [0.717, 1.165) is 12.1 Å². The SMILES string of the molecule is Nc1cc(C(F)(F)F)c(/C=C/O)cc1S(=O)[O-]. The molecule has 0 saturated carbocycles. The quantitative estimate of drug-likeness (QED) is 0.487. The molecule has 3 N–H and O–H groups in total. The highest BCUT2D eigenvalue weighted by atomic mass is 32.2. The lowest BCUT2D eigenvalue weighted by Crippen LogP contribution is -2.10. The summed E-state index contributed by atoms with van der Waals surface area (Å²) >= 11 is -2.75. The molecule has 0 aliphatic carbocycles. The van der Waals surface area contributed by atoms with Crippen LogP contribution in [0.2, 0.25) is 0 Å². The van der Waals surface area contributed by atoms with E-state index < -0.39 is 39.0 Å². The van der Waals surface area contributed by atoms with Crippen LogP contribution in [0.3, 0.4) is 0 Å². The first-order chi connectivity index (χ1) is 7.77. The van der Waals surface area contributed by atoms with Gasteiger partial charge in [-0.2, -0.15) is 13.2 Å². The summed E-state index contributed by atoms with van der Waals surface area (Å²) in [5, 5.41) is 8.48. The normalized spacial score (nSPS) is 14.1. The number of hydrogen-bond donors (Lipinski definition) is 2. The third-order valence-corrected chi connectivity index (χ3v) is 2.63. The van der Waals surface area contributed by atoms with Gasteiger partial charge in [-0.3, -0.25) is 4.21 Å². The van der Waals surface area contributed by atoms with Crippen LogP contribution in [-0.2, 0) is 17.3 Å². The molecule has 8 heteroatoms. The Morgan fingerprint density at radius 2 is 2.00 bits per heavy atom. The van der Waals surface area contributed by atoms with Gasteiger partial charge in [0.15, 0.2) is 0 Å². The Morgan fingerprint density at radius 3 is 2.41 bits per heavy atom. The third kappa shape index (κ3) is 2.98. The highest BCUT2D eigenvalue weighted by Gasteiger charge is 2.33. The first-order valence-corrected chi connectivity index (χ1v) is 5.25. The van der Waals surface area contributed by atoms with Gasteiger partial charge in [0.2, 0.25) is 0 Å². The lowest BCUT2D eigenvalue weighted by molar-refractivity contribution is -0.137. The largest absolute Gasteiger partial charge is 0.768 e. The van der Waals surface area contributed by atoms with Crippen LogP contribution in [-0.4, -0.2) is 13.9 Å². The molecule has 0 spiro atoms. The van der Waals surface area contributed by atoms with Crippen molar-refractivity contribution in [1.82, 2.24) is 0 Å². The Morgan fingerprint density at radius 1 is 1.41 bits per heavy atom. The van der Waals surface area contributed by atoms with Crippen LogP contribution in [0.4, 0.5) is 18.9 Å². The predicted octanol–water partition coefficient (Wildman–Crippen LogP) is 2.05. The molecule has 1 unspecified atom stereocenters. The van der Waals surface area contributed by atoms with Crippen molar-refractivity contribution < 1.29 is 27.0 Å². The van der Waals surface area contributed by atoms with E-state index in [2.05, 4.69) is 0 Å². The number of rotatable bonds is 2. The van der Waals surface area contributed by atoms with E-state index in [9.17, 15) is 21.9 Å². The zero-order valence-corrected chi connectivity index (χ0v) is 9.01. The maximum Gasteiger partial charge on any atom is 0.417 e. The van der Waals surface area contributed by atoms with E-state index >= 15 is 0 Å². The van der Waals surface area contributed by atoms with Crippen LogP contribution in [0.5, 0.6) is 0 Å². The number of halogens is 3. The van der Waals surface area contributed by atoms with Gasteiger partial charge in [0.05, 0.1) is 11.8 Å². The zero-order chi connectivity index (χ0) is 13.2. The van der Waals surface area contributed by atoms with E-state index in [1.807, 2.05) is 0 Å². The summed E-state index contributed by atoms with van der Waals surface area (Å²) < 4.78 is 59.1. The van der Waals surface area contributed by atoms with Crippen molar-refractivity contribution in [2.24, 2.45) is 0 Å². The predicted molar refractivity (Wildman–Crippen MR) is 54.7 cm³/mol. The molecule has 17 heavy (non-hydrogen) atoms. The number of benzene rings is 1. The van der Waals surface area contributed by atoms with E-state index in [1.165, 1.54) is 0 Å². The fourth-order valence-electron chi connectivity index (χ4n) is 1.22. The fraction of sp³-hybridized carbons (Fsp3) is 0.111. The van der Waals surface area contributed by atoms with Gasteiger partial charge in [-0.15, -0.1) is 0 Å². The lowest BCUT2D eigenvalue weighted by atomic mass is 10.1. The minimum atomic E-state index is -4.69. The van der Waals surface area contributed by atoms with Crippen molar-refractivity contribution >= 4 is 22.8 Å². The second-order valence-electron chi connectivity index (χ2n) is 3.03. The monoisotopic (exact) mass is 266 g/mol. The zero-order valence-electron chi connectivity index (χ0n) is 8.19. The van der Waals surface area contributed by atoms with Crippen molar-refractivity contribution in [3.05, 3.63) is 29.5 Å². The van der Waals surface area contributed by atoms with Gasteiger partial charge in [-0.1, -0.05) is 0 Å². The van der Waals surface area contributed by atoms with Crippen LogP contribution < -0.4 is 5.73 Å². The molecule has 1 aromatic carbocycles. The highest BCUT2D eigenvalue weighted by Crippen LogP contribution is 2.35. The summed E-state index contributed by atoms with van der Waals surface area (Å²) in [5.74, 6) is 0. The average molecular weight is 266 g/mol. The summed E-state index contributed by atoms with van der Waals surface area (Å²) in [4.78, 5) is -0.453. The molecule has 0 aliphatic rings. The molecule has 1 rings (SSSR count). The first kappa shape index (κ1) is 13.5. The molecule has 0 aromatic heterocycles. The molecule has 0 saturated heterocycles. The van der Waals surface area contributed by atoms with Crippen LogP contribution in [0.1, 0.15) is 11.1 Å². The summed E-state index contributed by atoms with van der Waals surface area (Å²) in [5.41, 5.74) is 3.11. The van der Waals surface area contributed by atoms with Crippen molar-refractivity contribution in [2.45, 2.75) is 11.1 Å². The number of nitrogen functional groups attached to an aromatic ring is 1. The number of aliphatic hydroxyl groups is 1. The molecule has 0 heterocycles. The molecule has 0 fully saturated rings. The number of nitrogens with two attached hydrogens (primary N) is 1. The number of anilines is 1. The minimum absolute atomic E-state index is 0.387. The van der Waals surface area contributed by atoms with E-state index in [0.29, 0.717) is 12.3 Å². The Hall–Kier alpha value is -1.54. The van der Waals surface area contributed by atoms with E-state index in [-0.39, 0.29) is 0 Å². The summed E-state index contributed by atoms with van der Waals surface area (Å²) in [6.07, 6.45) is -3.57. The van der Waals surface area contributed by atoms with Crippen LogP contribution >= 0.6 is 0 Å². The highest BCUT2D eigenvalue weighted by molar-refractivity contribution is 7.79. The van der Waals surface area contributed by atoms with Crippen LogP contribution in [0.25, 0.3) is 6.08 Å². The van der Waals surface area contributed by atoms with Gasteiger partial charge in [0.25, 0.3) is 0 Å². The first-order valence-electron chi connectivity index (χ1n) is 4.18. The van der Waals surface area contributed by atoms with Gasteiger partial charge in [-0.25, -0.2) is 0 Å². The summed E-state index contributed by atoms with van der Waals surface area (Å²) in [7, 11) is 0. The van der Waals surface area contributed by atoms with Crippen molar-refractivity contribution in [2.75, 3.05) is 5.73 Å². The van der Waals surface area contributed by atoms with E-state index in [1.54, 1.807) is 0 Å². The molecule has 1 atom stereocenters. The standard InChI is InChI=1S/C9H8F3NO3S/c10-9(11,12)6-4-7(13)8(17(15)16)3-5(6)1-2-14/h1-4,14H,13H2,(H,15,16)/p-1/b2-1+. The van der Waals surface area contributed by atoms with Gasteiger partial charge in [0, 0.05) is 10.6 Å². The van der Waals surface area contributed by atoms with Crippen molar-refractivity contribution in [1.29, 1.82) is 0 Å². The number of hydrogen-bond acceptors (Lipinski definition) is 4. The summed E-state index contributed by atoms with van der Waals surface area (Å²) in [6, 6.07) is 1.26. The second kappa shape index (κ2) is 4.76. The molecule has 0 amide bonds. The van der Waals surface area contributed by atoms with Crippen molar-refractivity contribution in [3.8, 4) is 0 Å². The van der Waals surface area contributed by atoms with Gasteiger partial charge < -0.3 is 15.4 Å². The van der Waals surface area contributed by atoms with Gasteiger partial charge >= 0.3 is 6.18 Å². The molecule has 1 aromatic rings. The lowest BCUT2D eigenvalue weighted by Gasteiger charge is -2.15.